The summed E-state index contributed by atoms with van der Waals surface area (Å²) in [6.45, 7) is 4.79. The molecule has 0 fully saturated rings. The average molecular weight is 222 g/mol. The molecule has 0 aliphatic heterocycles. The topological polar surface area (TPSA) is 42.7 Å². The van der Waals surface area contributed by atoms with Gasteiger partial charge in [-0.05, 0) is 6.54 Å². The second kappa shape index (κ2) is 5.04. The van der Waals surface area contributed by atoms with Crippen molar-refractivity contribution >= 4 is 11.3 Å². The largest absolute Gasteiger partial charge is 0.313 e. The molecule has 0 amide bonds. The summed E-state index contributed by atoms with van der Waals surface area (Å²) in [6.07, 6.45) is 5.86. The molecule has 0 aliphatic rings. The van der Waals surface area contributed by atoms with Crippen molar-refractivity contribution in [3.8, 4) is 0 Å². The minimum atomic E-state index is 0.816. The zero-order valence-corrected chi connectivity index (χ0v) is 9.50. The molecule has 2 aromatic heterocycles. The van der Waals surface area contributed by atoms with E-state index in [4.69, 9.17) is 0 Å². The van der Waals surface area contributed by atoms with Crippen molar-refractivity contribution in [3.05, 3.63) is 34.5 Å². The molecule has 0 unspecified atom stereocenters. The third-order valence-electron chi connectivity index (χ3n) is 2.07. The summed E-state index contributed by atoms with van der Waals surface area (Å²) in [4.78, 5) is 5.27. The Morgan fingerprint density at radius 3 is 3.13 bits per heavy atom. The molecule has 15 heavy (non-hydrogen) atoms. The van der Waals surface area contributed by atoms with Crippen molar-refractivity contribution < 1.29 is 0 Å². The van der Waals surface area contributed by atoms with Gasteiger partial charge in [-0.2, -0.15) is 5.10 Å². The Bertz CT molecular complexity index is 393. The molecule has 1 N–H and O–H groups in total. The van der Waals surface area contributed by atoms with Crippen molar-refractivity contribution in [3.63, 3.8) is 0 Å². The number of thiazole rings is 1. The van der Waals surface area contributed by atoms with Crippen molar-refractivity contribution in [2.45, 2.75) is 20.0 Å². The summed E-state index contributed by atoms with van der Waals surface area (Å²) >= 11 is 1.66. The van der Waals surface area contributed by atoms with Gasteiger partial charge in [0.05, 0.1) is 18.3 Å². The fourth-order valence-electron chi connectivity index (χ4n) is 1.33. The average Bonchev–Trinajstić information content (AvgIpc) is 2.87. The Morgan fingerprint density at radius 1 is 1.47 bits per heavy atom. The lowest BCUT2D eigenvalue weighted by molar-refractivity contribution is 0.689. The lowest BCUT2D eigenvalue weighted by Crippen LogP contribution is -2.11. The second-order valence-corrected chi connectivity index (χ2v) is 4.27. The fraction of sp³-hybridized carbons (Fsp3) is 0.400. The molecule has 2 heterocycles. The molecule has 0 radical (unpaired) electrons. The van der Waals surface area contributed by atoms with Crippen molar-refractivity contribution in [2.24, 2.45) is 0 Å². The zero-order valence-electron chi connectivity index (χ0n) is 8.68. The maximum atomic E-state index is 4.30. The summed E-state index contributed by atoms with van der Waals surface area (Å²) in [7, 11) is 0. The van der Waals surface area contributed by atoms with Gasteiger partial charge in [0.15, 0.2) is 0 Å². The first kappa shape index (κ1) is 10.3. The van der Waals surface area contributed by atoms with E-state index >= 15 is 0 Å². The van der Waals surface area contributed by atoms with Crippen molar-refractivity contribution in [2.75, 3.05) is 6.54 Å². The van der Waals surface area contributed by atoms with Gasteiger partial charge in [-0.3, -0.25) is 9.67 Å². The minimum Gasteiger partial charge on any atom is -0.313 e. The third kappa shape index (κ3) is 2.87. The molecule has 0 aliphatic carbocycles. The molecular formula is C10H14N4S. The SMILES string of the molecule is CCNCc1cnn(Cc2cncs2)c1. The Labute approximate surface area is 93.0 Å². The van der Waals surface area contributed by atoms with E-state index in [-0.39, 0.29) is 0 Å². The van der Waals surface area contributed by atoms with Gasteiger partial charge in [0.25, 0.3) is 0 Å². The number of hydrogen-bond acceptors (Lipinski definition) is 4. The molecule has 5 heteroatoms. The van der Waals surface area contributed by atoms with Crippen molar-refractivity contribution in [1.29, 1.82) is 0 Å². The monoisotopic (exact) mass is 222 g/mol. The molecule has 0 bridgehead atoms. The van der Waals surface area contributed by atoms with Crippen LogP contribution in [0.4, 0.5) is 0 Å². The highest BCUT2D eigenvalue weighted by Crippen LogP contribution is 2.08. The normalized spacial score (nSPS) is 10.7. The van der Waals surface area contributed by atoms with Gasteiger partial charge in [0.1, 0.15) is 0 Å². The van der Waals surface area contributed by atoms with E-state index in [9.17, 15) is 0 Å². The summed E-state index contributed by atoms with van der Waals surface area (Å²) in [5.41, 5.74) is 3.07. The van der Waals surface area contributed by atoms with E-state index in [0.29, 0.717) is 0 Å². The number of hydrogen-bond donors (Lipinski definition) is 1. The van der Waals surface area contributed by atoms with Crippen molar-refractivity contribution in [1.82, 2.24) is 20.1 Å². The third-order valence-corrected chi connectivity index (χ3v) is 2.83. The molecule has 80 valence electrons. The number of nitrogens with zero attached hydrogens (tertiary/aromatic N) is 3. The first-order valence-electron chi connectivity index (χ1n) is 4.98. The first-order chi connectivity index (χ1) is 7.38. The smallest absolute Gasteiger partial charge is 0.0794 e. The van der Waals surface area contributed by atoms with Crippen LogP contribution in [0.1, 0.15) is 17.4 Å². The highest BCUT2D eigenvalue weighted by atomic mass is 32.1. The van der Waals surface area contributed by atoms with Crippen LogP contribution in [0.2, 0.25) is 0 Å². The maximum absolute atomic E-state index is 4.30. The Morgan fingerprint density at radius 2 is 2.40 bits per heavy atom. The first-order valence-corrected chi connectivity index (χ1v) is 5.86. The lowest BCUT2D eigenvalue weighted by atomic mass is 10.3. The van der Waals surface area contributed by atoms with Crippen LogP contribution in [0, 0.1) is 0 Å². The Kier molecular flexibility index (Phi) is 3.47. The van der Waals surface area contributed by atoms with Crippen LogP contribution in [0.25, 0.3) is 0 Å². The summed E-state index contributed by atoms with van der Waals surface area (Å²) in [5.74, 6) is 0. The van der Waals surface area contributed by atoms with Crippen LogP contribution in [0.3, 0.4) is 0 Å². The van der Waals surface area contributed by atoms with Gasteiger partial charge in [0.2, 0.25) is 0 Å². The molecule has 0 saturated heterocycles. The molecular weight excluding hydrogens is 208 g/mol. The number of rotatable bonds is 5. The molecule has 4 nitrogen and oxygen atoms in total. The highest BCUT2D eigenvalue weighted by molar-refractivity contribution is 7.09. The maximum Gasteiger partial charge on any atom is 0.0794 e. The van der Waals surface area contributed by atoms with Gasteiger partial charge in [0, 0.05) is 29.4 Å². The molecule has 2 aromatic rings. The Balaban J connectivity index is 1.95. The van der Waals surface area contributed by atoms with Gasteiger partial charge in [-0.1, -0.05) is 6.92 Å². The van der Waals surface area contributed by atoms with Gasteiger partial charge >= 0.3 is 0 Å². The van der Waals surface area contributed by atoms with Crippen LogP contribution in [-0.2, 0) is 13.1 Å². The molecule has 0 spiro atoms. The fourth-order valence-corrected chi connectivity index (χ4v) is 1.92. The predicted octanol–water partition coefficient (Wildman–Crippen LogP) is 1.50. The van der Waals surface area contributed by atoms with E-state index in [2.05, 4.69) is 28.5 Å². The predicted molar refractivity (Wildman–Crippen MR) is 60.8 cm³/mol. The molecule has 2 rings (SSSR count). The van der Waals surface area contributed by atoms with Gasteiger partial charge in [-0.15, -0.1) is 11.3 Å². The molecule has 0 atom stereocenters. The van der Waals surface area contributed by atoms with Gasteiger partial charge in [-0.25, -0.2) is 0 Å². The summed E-state index contributed by atoms with van der Waals surface area (Å²) in [6, 6.07) is 0. The van der Waals surface area contributed by atoms with E-state index < -0.39 is 0 Å². The standard InChI is InChI=1S/C10H14N4S/c1-2-11-3-9-4-13-14(6-9)7-10-5-12-8-15-10/h4-6,8,11H,2-3,7H2,1H3. The van der Waals surface area contributed by atoms with Crippen LogP contribution in [0.5, 0.6) is 0 Å². The summed E-state index contributed by atoms with van der Waals surface area (Å²) < 4.78 is 1.94. The minimum absolute atomic E-state index is 0.816. The summed E-state index contributed by atoms with van der Waals surface area (Å²) in [5, 5.41) is 7.57. The van der Waals surface area contributed by atoms with Gasteiger partial charge < -0.3 is 5.32 Å². The van der Waals surface area contributed by atoms with Crippen LogP contribution in [-0.4, -0.2) is 21.3 Å². The van der Waals surface area contributed by atoms with E-state index in [1.54, 1.807) is 11.3 Å². The van der Waals surface area contributed by atoms with Crippen LogP contribution in [0.15, 0.2) is 24.1 Å². The zero-order chi connectivity index (χ0) is 10.5. The second-order valence-electron chi connectivity index (χ2n) is 3.29. The lowest BCUT2D eigenvalue weighted by Gasteiger charge is -1.97. The number of aromatic nitrogens is 3. The molecule has 0 aromatic carbocycles. The van der Waals surface area contributed by atoms with E-state index in [0.717, 1.165) is 19.6 Å². The van der Waals surface area contributed by atoms with Crippen LogP contribution >= 0.6 is 11.3 Å². The quantitative estimate of drug-likeness (QED) is 0.833. The molecule has 0 saturated carbocycles. The Hall–Kier alpha value is -1.20. The number of nitrogens with one attached hydrogen (secondary N) is 1. The van der Waals surface area contributed by atoms with Crippen LogP contribution < -0.4 is 5.32 Å². The van der Waals surface area contributed by atoms with E-state index in [1.165, 1.54) is 10.4 Å². The highest BCUT2D eigenvalue weighted by Gasteiger charge is 2.00. The van der Waals surface area contributed by atoms with E-state index in [1.807, 2.05) is 22.6 Å².